The van der Waals surface area contributed by atoms with Crippen molar-refractivity contribution >= 4 is 17.2 Å². The third-order valence-electron chi connectivity index (χ3n) is 4.03. The minimum Gasteiger partial charge on any atom is -0.368 e. The number of nitrogens with zero attached hydrogens (tertiary/aromatic N) is 5. The van der Waals surface area contributed by atoms with E-state index in [9.17, 15) is 0 Å². The fourth-order valence-corrected chi connectivity index (χ4v) is 2.91. The first-order valence-corrected chi connectivity index (χ1v) is 7.36. The monoisotopic (exact) mass is 292 g/mol. The summed E-state index contributed by atoms with van der Waals surface area (Å²) in [7, 11) is 0. The minimum atomic E-state index is 0.338. The number of pyridine rings is 1. The highest BCUT2D eigenvalue weighted by Gasteiger charge is 2.16. The normalized spacial score (nSPS) is 14.5. The summed E-state index contributed by atoms with van der Waals surface area (Å²) < 4.78 is 2.00. The molecule has 4 rings (SSSR count). The Hall–Kier alpha value is -2.76. The van der Waals surface area contributed by atoms with Gasteiger partial charge in [0.1, 0.15) is 5.82 Å². The Morgan fingerprint density at radius 3 is 3.05 bits per heavy atom. The Balaban J connectivity index is 1.90. The first kappa shape index (κ1) is 12.9. The van der Waals surface area contributed by atoms with E-state index in [1.165, 1.54) is 0 Å². The van der Waals surface area contributed by atoms with E-state index in [2.05, 4.69) is 38.5 Å². The Bertz CT molecular complexity index is 893. The van der Waals surface area contributed by atoms with E-state index in [-0.39, 0.29) is 0 Å². The molecule has 6 nitrogen and oxygen atoms in total. The van der Waals surface area contributed by atoms with Gasteiger partial charge in [-0.1, -0.05) is 6.08 Å². The summed E-state index contributed by atoms with van der Waals surface area (Å²) in [5.41, 5.74) is 11.0. The topological polar surface area (TPSA) is 82.0 Å². The highest BCUT2D eigenvalue weighted by Crippen LogP contribution is 2.30. The Labute approximate surface area is 127 Å². The summed E-state index contributed by atoms with van der Waals surface area (Å²) in [6, 6.07) is 4.06. The van der Waals surface area contributed by atoms with Gasteiger partial charge in [-0.05, 0) is 49.5 Å². The molecule has 0 saturated heterocycles. The highest BCUT2D eigenvalue weighted by molar-refractivity contribution is 5.81. The molecule has 0 atom stereocenters. The molecule has 0 saturated carbocycles. The summed E-state index contributed by atoms with van der Waals surface area (Å²) >= 11 is 0. The predicted octanol–water partition coefficient (Wildman–Crippen LogP) is 2.18. The molecule has 1 aliphatic carbocycles. The second kappa shape index (κ2) is 4.91. The molecule has 2 N–H and O–H groups in total. The van der Waals surface area contributed by atoms with Crippen molar-refractivity contribution in [3.63, 3.8) is 0 Å². The maximum absolute atomic E-state index is 5.74. The number of allylic oxidation sites excluding steroid dienone is 1. The van der Waals surface area contributed by atoms with Gasteiger partial charge in [0, 0.05) is 18.0 Å². The van der Waals surface area contributed by atoms with Gasteiger partial charge in [0.05, 0.1) is 5.69 Å². The lowest BCUT2D eigenvalue weighted by atomic mass is 9.99. The molecule has 0 aromatic carbocycles. The molecule has 0 bridgehead atoms. The van der Waals surface area contributed by atoms with Crippen LogP contribution in [0.4, 0.5) is 5.95 Å². The van der Waals surface area contributed by atoms with Crippen LogP contribution in [0.1, 0.15) is 35.5 Å². The second-order valence-electron chi connectivity index (χ2n) is 5.49. The van der Waals surface area contributed by atoms with Gasteiger partial charge in [-0.25, -0.2) is 9.97 Å². The summed E-state index contributed by atoms with van der Waals surface area (Å²) in [5, 5.41) is 8.24. The number of anilines is 1. The molecule has 0 spiro atoms. The first-order chi connectivity index (χ1) is 10.7. The second-order valence-corrected chi connectivity index (χ2v) is 5.49. The Morgan fingerprint density at radius 2 is 2.14 bits per heavy atom. The molecule has 3 heterocycles. The van der Waals surface area contributed by atoms with Crippen LogP contribution >= 0.6 is 0 Å². The molecule has 3 aromatic rings. The van der Waals surface area contributed by atoms with Crippen molar-refractivity contribution in [1.82, 2.24) is 24.6 Å². The summed E-state index contributed by atoms with van der Waals surface area (Å²) in [6.07, 6.45) is 9.17. The molecule has 0 amide bonds. The van der Waals surface area contributed by atoms with Crippen LogP contribution in [-0.2, 0) is 6.42 Å². The SMILES string of the molecule is Cc1nnc2ccc(C3=CCCCc4nc(N)ncc43)cn12. The highest BCUT2D eigenvalue weighted by atomic mass is 15.2. The van der Waals surface area contributed by atoms with E-state index in [1.54, 1.807) is 0 Å². The molecule has 0 unspecified atom stereocenters. The summed E-state index contributed by atoms with van der Waals surface area (Å²) in [6.45, 7) is 1.95. The van der Waals surface area contributed by atoms with E-state index in [4.69, 9.17) is 5.73 Å². The maximum Gasteiger partial charge on any atom is 0.220 e. The molecule has 3 aromatic heterocycles. The molecule has 22 heavy (non-hydrogen) atoms. The Morgan fingerprint density at radius 1 is 1.23 bits per heavy atom. The van der Waals surface area contributed by atoms with Gasteiger partial charge >= 0.3 is 0 Å². The molecule has 0 radical (unpaired) electrons. The lowest BCUT2D eigenvalue weighted by Gasteiger charge is -2.11. The van der Waals surface area contributed by atoms with Crippen molar-refractivity contribution in [1.29, 1.82) is 0 Å². The van der Waals surface area contributed by atoms with Gasteiger partial charge in [-0.15, -0.1) is 10.2 Å². The zero-order chi connectivity index (χ0) is 15.1. The lowest BCUT2D eigenvalue weighted by Crippen LogP contribution is -2.03. The molecule has 0 aliphatic heterocycles. The lowest BCUT2D eigenvalue weighted by molar-refractivity contribution is 0.823. The number of fused-ring (bicyclic) bond motifs is 2. The number of aryl methyl sites for hydroxylation is 2. The van der Waals surface area contributed by atoms with Gasteiger partial charge in [0.2, 0.25) is 5.95 Å². The van der Waals surface area contributed by atoms with Crippen LogP contribution in [-0.4, -0.2) is 24.6 Å². The number of hydrogen-bond donors (Lipinski definition) is 1. The zero-order valence-electron chi connectivity index (χ0n) is 12.3. The average molecular weight is 292 g/mol. The summed E-state index contributed by atoms with van der Waals surface area (Å²) in [4.78, 5) is 8.59. The number of nitrogen functional groups attached to an aromatic ring is 1. The molecular formula is C16H16N6. The predicted molar refractivity (Wildman–Crippen MR) is 84.2 cm³/mol. The number of nitrogens with two attached hydrogens (primary N) is 1. The third kappa shape index (κ3) is 2.04. The van der Waals surface area contributed by atoms with Gasteiger partial charge in [0.15, 0.2) is 5.65 Å². The van der Waals surface area contributed by atoms with Crippen LogP contribution in [0.3, 0.4) is 0 Å². The van der Waals surface area contributed by atoms with Gasteiger partial charge in [0.25, 0.3) is 0 Å². The van der Waals surface area contributed by atoms with Crippen LogP contribution in [0, 0.1) is 6.92 Å². The van der Waals surface area contributed by atoms with Crippen LogP contribution in [0.15, 0.2) is 30.6 Å². The smallest absolute Gasteiger partial charge is 0.220 e. The van der Waals surface area contributed by atoms with Crippen LogP contribution in [0.5, 0.6) is 0 Å². The standard InChI is InChI=1S/C16H16N6/c1-10-20-21-15-7-6-11(9-22(10)15)12-4-2-3-5-14-13(12)8-18-16(17)19-14/h4,6-9H,2-3,5H2,1H3,(H2,17,18,19). The van der Waals surface area contributed by atoms with E-state index < -0.39 is 0 Å². The fourth-order valence-electron chi connectivity index (χ4n) is 2.91. The molecular weight excluding hydrogens is 276 g/mol. The van der Waals surface area contributed by atoms with Crippen molar-refractivity contribution in [2.75, 3.05) is 5.73 Å². The van der Waals surface area contributed by atoms with Crippen LogP contribution < -0.4 is 5.73 Å². The van der Waals surface area contributed by atoms with E-state index in [1.807, 2.05) is 23.6 Å². The number of rotatable bonds is 1. The number of aromatic nitrogens is 5. The van der Waals surface area contributed by atoms with Crippen molar-refractivity contribution in [2.45, 2.75) is 26.2 Å². The van der Waals surface area contributed by atoms with Crippen LogP contribution in [0.25, 0.3) is 11.2 Å². The third-order valence-corrected chi connectivity index (χ3v) is 4.03. The molecule has 110 valence electrons. The quantitative estimate of drug-likeness (QED) is 0.743. The Kier molecular flexibility index (Phi) is 2.89. The molecule has 6 heteroatoms. The van der Waals surface area contributed by atoms with E-state index in [0.717, 1.165) is 53.1 Å². The van der Waals surface area contributed by atoms with Crippen molar-refractivity contribution in [3.05, 3.63) is 53.2 Å². The van der Waals surface area contributed by atoms with Crippen LogP contribution in [0.2, 0.25) is 0 Å². The molecule has 0 fully saturated rings. The fraction of sp³-hybridized carbons (Fsp3) is 0.250. The van der Waals surface area contributed by atoms with E-state index in [0.29, 0.717) is 5.95 Å². The zero-order valence-corrected chi connectivity index (χ0v) is 12.3. The first-order valence-electron chi connectivity index (χ1n) is 7.36. The average Bonchev–Trinajstić information content (AvgIpc) is 2.77. The largest absolute Gasteiger partial charge is 0.368 e. The minimum absolute atomic E-state index is 0.338. The van der Waals surface area contributed by atoms with Crippen molar-refractivity contribution in [2.24, 2.45) is 0 Å². The van der Waals surface area contributed by atoms with Gasteiger partial charge in [-0.3, -0.25) is 4.40 Å². The van der Waals surface area contributed by atoms with Gasteiger partial charge < -0.3 is 5.73 Å². The number of hydrogen-bond acceptors (Lipinski definition) is 5. The van der Waals surface area contributed by atoms with Crippen molar-refractivity contribution < 1.29 is 0 Å². The van der Waals surface area contributed by atoms with E-state index >= 15 is 0 Å². The summed E-state index contributed by atoms with van der Waals surface area (Å²) in [5.74, 6) is 1.21. The van der Waals surface area contributed by atoms with Gasteiger partial charge in [-0.2, -0.15) is 0 Å². The van der Waals surface area contributed by atoms with Crippen molar-refractivity contribution in [3.8, 4) is 0 Å². The molecule has 1 aliphatic rings. The maximum atomic E-state index is 5.74.